The number of halogens is 4. The fourth-order valence-corrected chi connectivity index (χ4v) is 11.9. The van der Waals surface area contributed by atoms with Gasteiger partial charge in [0.05, 0.1) is 71.7 Å². The van der Waals surface area contributed by atoms with Crippen LogP contribution in [0, 0.1) is 14.9 Å². The molecule has 0 spiro atoms. The topological polar surface area (TPSA) is 147 Å². The van der Waals surface area contributed by atoms with Crippen molar-refractivity contribution in [3.05, 3.63) is 107 Å². The average molecular weight is 1210 g/mol. The van der Waals surface area contributed by atoms with Gasteiger partial charge in [-0.05, 0) is 146 Å². The van der Waals surface area contributed by atoms with Crippen LogP contribution in [0.1, 0.15) is 48.1 Å². The summed E-state index contributed by atoms with van der Waals surface area (Å²) >= 11 is 16.3. The summed E-state index contributed by atoms with van der Waals surface area (Å²) < 4.78 is 32.6. The number of nitrogens with zero attached hydrogens (tertiary/aromatic N) is 6. The molecule has 0 saturated carbocycles. The van der Waals surface area contributed by atoms with Crippen LogP contribution in [0.15, 0.2) is 75.7 Å². The second kappa shape index (κ2) is 24.5. The van der Waals surface area contributed by atoms with E-state index in [1.807, 2.05) is 48.5 Å². The van der Waals surface area contributed by atoms with Crippen molar-refractivity contribution in [2.75, 3.05) is 107 Å². The predicted octanol–water partition coefficient (Wildman–Crippen LogP) is 9.52. The number of aromatic nitrogens is 2. The third kappa shape index (κ3) is 12.6. The first-order chi connectivity index (χ1) is 34.2. The van der Waals surface area contributed by atoms with Crippen molar-refractivity contribution in [2.45, 2.75) is 50.7 Å². The molecule has 70 heavy (non-hydrogen) atoms. The molecular weight excluding hydrogens is 1150 g/mol. The maximum Gasteiger partial charge on any atom is 0.318 e. The summed E-state index contributed by atoms with van der Waals surface area (Å²) in [4.78, 5) is 30.0. The molecular formula is C52H56Br2ClIN8O6. The number of hydrogen-bond donors (Lipinski definition) is 2. The van der Waals surface area contributed by atoms with Crippen molar-refractivity contribution >= 4 is 112 Å². The minimum absolute atomic E-state index is 0.0833. The van der Waals surface area contributed by atoms with Crippen LogP contribution in [0.25, 0.3) is 22.4 Å². The van der Waals surface area contributed by atoms with Gasteiger partial charge in [0.1, 0.15) is 24.8 Å². The number of ether oxygens (including phenoxy) is 5. The number of piperazine rings is 1. The zero-order valence-corrected chi connectivity index (χ0v) is 45.0. The number of amides is 1. The first kappa shape index (κ1) is 50.8. The van der Waals surface area contributed by atoms with Gasteiger partial charge in [0.15, 0.2) is 0 Å². The van der Waals surface area contributed by atoms with Gasteiger partial charge < -0.3 is 44.1 Å². The maximum atomic E-state index is 12.7. The molecule has 18 heteroatoms. The van der Waals surface area contributed by atoms with Crippen LogP contribution in [0.3, 0.4) is 0 Å². The molecule has 368 valence electrons. The first-order valence-electron chi connectivity index (χ1n) is 23.9. The standard InChI is InChI=1S/C52H56Br2ClIN8O6/c53-42-28-34(27-41-40-30-36(56)10-11-45(40)59-51(41)65)29-43(54)49(42)69-26-25-68-24-23-67-22-21-66-20-4-17-62-16-3-7-38(62)33-70-52-60-46-32-63(47-9-2-6-35-5-1-8-44(55)48(35)47)18-13-39(46)50(61-52)64-19-15-58-37(31-64)12-14-57/h1-2,5-6,8-11,27-30,37-38,58H,3-4,7,12-13,15-26,31-33H2,(H,59,65)/t37-,38-/m0/s1. The largest absolute Gasteiger partial charge is 0.489 e. The highest BCUT2D eigenvalue weighted by Crippen LogP contribution is 2.40. The minimum atomic E-state index is -0.116. The van der Waals surface area contributed by atoms with E-state index in [-0.39, 0.29) is 18.0 Å². The number of carbonyl (C=O) groups excluding carboxylic acids is 1. The Morgan fingerprint density at radius 3 is 2.47 bits per heavy atom. The van der Waals surface area contributed by atoms with E-state index in [0.29, 0.717) is 89.7 Å². The van der Waals surface area contributed by atoms with E-state index in [9.17, 15) is 10.1 Å². The molecule has 4 aliphatic rings. The van der Waals surface area contributed by atoms with Crippen molar-refractivity contribution < 1.29 is 28.5 Å². The molecule has 5 aromatic rings. The van der Waals surface area contributed by atoms with Crippen molar-refractivity contribution in [1.82, 2.24) is 20.2 Å². The van der Waals surface area contributed by atoms with Crippen LogP contribution < -0.4 is 29.9 Å². The smallest absolute Gasteiger partial charge is 0.318 e. The Morgan fingerprint density at radius 2 is 1.67 bits per heavy atom. The van der Waals surface area contributed by atoms with E-state index in [4.69, 9.17) is 45.3 Å². The van der Waals surface area contributed by atoms with E-state index in [1.54, 1.807) is 0 Å². The number of hydrogen-bond acceptors (Lipinski definition) is 13. The summed E-state index contributed by atoms with van der Waals surface area (Å²) in [7, 11) is 0. The van der Waals surface area contributed by atoms with Crippen molar-refractivity contribution in [2.24, 2.45) is 0 Å². The van der Waals surface area contributed by atoms with E-state index in [0.717, 1.165) is 126 Å². The molecule has 2 atom stereocenters. The number of rotatable bonds is 21. The van der Waals surface area contributed by atoms with Gasteiger partial charge in [0.25, 0.3) is 5.91 Å². The zero-order chi connectivity index (χ0) is 48.4. The summed E-state index contributed by atoms with van der Waals surface area (Å²) in [5, 5.41) is 18.8. The predicted molar refractivity (Wildman–Crippen MR) is 290 cm³/mol. The molecule has 1 aromatic heterocycles. The lowest BCUT2D eigenvalue weighted by atomic mass is 10.0. The number of likely N-dealkylation sites (tertiary alicyclic amines) is 1. The summed E-state index contributed by atoms with van der Waals surface area (Å²) in [5.41, 5.74) is 6.45. The molecule has 2 N–H and O–H groups in total. The third-order valence-electron chi connectivity index (χ3n) is 13.0. The molecule has 0 unspecified atom stereocenters. The Bertz CT molecular complexity index is 2720. The second-order valence-corrected chi connectivity index (χ2v) is 21.1. The molecule has 0 bridgehead atoms. The van der Waals surface area contributed by atoms with E-state index in [1.165, 1.54) is 0 Å². The normalized spacial score (nSPS) is 18.6. The Balaban J connectivity index is 0.685. The van der Waals surface area contributed by atoms with Gasteiger partial charge in [-0.15, -0.1) is 0 Å². The average Bonchev–Trinajstić information content (AvgIpc) is 3.94. The van der Waals surface area contributed by atoms with Gasteiger partial charge in [0.2, 0.25) is 0 Å². The van der Waals surface area contributed by atoms with Gasteiger partial charge in [-0.2, -0.15) is 15.2 Å². The third-order valence-corrected chi connectivity index (χ3v) is 15.2. The van der Waals surface area contributed by atoms with Gasteiger partial charge in [0, 0.05) is 88.4 Å². The molecule has 14 nitrogen and oxygen atoms in total. The number of nitrogens with one attached hydrogen (secondary N) is 2. The Kier molecular flexibility index (Phi) is 17.8. The highest BCUT2D eigenvalue weighted by molar-refractivity contribution is 14.1. The number of nitriles is 1. The zero-order valence-electron chi connectivity index (χ0n) is 38.9. The quantitative estimate of drug-likeness (QED) is 0.0409. The van der Waals surface area contributed by atoms with Crippen LogP contribution in [0.2, 0.25) is 5.02 Å². The lowest BCUT2D eigenvalue weighted by Gasteiger charge is -2.37. The van der Waals surface area contributed by atoms with Gasteiger partial charge >= 0.3 is 6.01 Å². The van der Waals surface area contributed by atoms with Crippen molar-refractivity contribution in [3.8, 4) is 17.8 Å². The number of fused-ring (bicyclic) bond motifs is 3. The molecule has 0 aliphatic carbocycles. The van der Waals surface area contributed by atoms with E-state index < -0.39 is 0 Å². The van der Waals surface area contributed by atoms with Crippen LogP contribution in [-0.4, -0.2) is 125 Å². The summed E-state index contributed by atoms with van der Waals surface area (Å²) in [6.07, 6.45) is 6.22. The fraction of sp³-hybridized carbons (Fsp3) is 0.423. The van der Waals surface area contributed by atoms with Gasteiger partial charge in [-0.3, -0.25) is 9.69 Å². The summed E-state index contributed by atoms with van der Waals surface area (Å²) in [6.45, 7) is 9.58. The Labute approximate surface area is 444 Å². The van der Waals surface area contributed by atoms with Gasteiger partial charge in [-0.25, -0.2) is 0 Å². The first-order valence-corrected chi connectivity index (χ1v) is 27.0. The Hall–Kier alpha value is -4.10. The highest BCUT2D eigenvalue weighted by Gasteiger charge is 2.31. The van der Waals surface area contributed by atoms with Crippen molar-refractivity contribution in [3.63, 3.8) is 0 Å². The molecule has 4 aliphatic heterocycles. The fourth-order valence-electron chi connectivity index (χ4n) is 9.66. The second-order valence-electron chi connectivity index (χ2n) is 17.7. The molecule has 2 fully saturated rings. The monoisotopic (exact) mass is 1210 g/mol. The van der Waals surface area contributed by atoms with E-state index >= 15 is 0 Å². The minimum Gasteiger partial charge on any atom is -0.489 e. The molecule has 1 amide bonds. The molecule has 4 aromatic carbocycles. The molecule has 2 saturated heterocycles. The van der Waals surface area contributed by atoms with Gasteiger partial charge in [-0.1, -0.05) is 35.9 Å². The van der Waals surface area contributed by atoms with Crippen LogP contribution >= 0.6 is 66.1 Å². The Morgan fingerprint density at radius 1 is 0.900 bits per heavy atom. The molecule has 9 rings (SSSR count). The lowest BCUT2D eigenvalue weighted by molar-refractivity contribution is -0.110. The van der Waals surface area contributed by atoms with Crippen LogP contribution in [0.4, 0.5) is 17.2 Å². The molecule has 0 radical (unpaired) electrons. The van der Waals surface area contributed by atoms with Crippen LogP contribution in [-0.2, 0) is 32.0 Å². The number of carbonyl (C=O) groups is 1. The SMILES string of the molecule is N#CC[C@H]1CN(c2nc(OC[C@@H]3CCCN3CCCOCCOCCOCCOc3c(Br)cc(C=C4C(=O)Nc5ccc(I)cc54)cc3Br)nc3c2CCN(c2cccc4cccc(Cl)c24)C3)CCN1. The number of anilines is 3. The summed E-state index contributed by atoms with van der Waals surface area (Å²) in [6, 6.07) is 25.3. The van der Waals surface area contributed by atoms with E-state index in [2.05, 4.69) is 110 Å². The summed E-state index contributed by atoms with van der Waals surface area (Å²) in [5.74, 6) is 1.48. The lowest BCUT2D eigenvalue weighted by Crippen LogP contribution is -2.51. The highest BCUT2D eigenvalue weighted by atomic mass is 127. The molecule has 5 heterocycles. The van der Waals surface area contributed by atoms with Crippen LogP contribution in [0.5, 0.6) is 11.8 Å². The number of benzene rings is 4. The maximum absolute atomic E-state index is 12.7. The van der Waals surface area contributed by atoms with Crippen molar-refractivity contribution in [1.29, 1.82) is 5.26 Å².